The van der Waals surface area contributed by atoms with Crippen molar-refractivity contribution in [3.8, 4) is 0 Å². The molecule has 0 rings (SSSR count). The Morgan fingerprint density at radius 1 is 0.500 bits per heavy atom. The first-order valence-electron chi connectivity index (χ1n) is 0. The van der Waals surface area contributed by atoms with Crippen molar-refractivity contribution in [3.05, 3.63) is 0 Å². The van der Waals surface area contributed by atoms with Crippen LogP contribution in [0.2, 0.25) is 0 Å². The van der Waals surface area contributed by atoms with Gasteiger partial charge in [0.25, 0.3) is 0 Å². The summed E-state index contributed by atoms with van der Waals surface area (Å²) in [7, 11) is 0. The number of hydrogen-bond donors (Lipinski definition) is 0. The Kier molecular flexibility index (Phi) is 421. The van der Waals surface area contributed by atoms with Gasteiger partial charge in [-0.25, -0.2) is 0 Å². The number of hydrogen-bond acceptors (Lipinski definition) is 0. The summed E-state index contributed by atoms with van der Waals surface area (Å²) in [5.74, 6) is 0. The fraction of sp³-hybridized carbons (Fsp3) is 0. The molecule has 0 unspecified atom stereocenters. The molecule has 0 aliphatic rings. The summed E-state index contributed by atoms with van der Waals surface area (Å²) in [6.45, 7) is 0. The minimum atomic E-state index is 0. The fourth-order valence-electron chi connectivity index (χ4n) is 0. The van der Waals surface area contributed by atoms with Crippen molar-refractivity contribution in [2.24, 2.45) is 0 Å². The first-order chi connectivity index (χ1) is 0. The Morgan fingerprint density at radius 3 is 0.500 bits per heavy atom. The zero-order chi connectivity index (χ0) is 0. The summed E-state index contributed by atoms with van der Waals surface area (Å²) < 4.78 is 0. The van der Waals surface area contributed by atoms with Crippen LogP contribution in [-0.4, -0.2) is 45.5 Å². The van der Waals surface area contributed by atoms with Crippen LogP contribution in [0.15, 0.2) is 0 Å². The molecule has 0 N–H and O–H groups in total. The molecule has 0 bridgehead atoms. The average molecular weight is 150 g/mol. The second-order valence-electron chi connectivity index (χ2n) is 0. The molecule has 0 aromatic rings. The van der Waals surface area contributed by atoms with Crippen molar-refractivity contribution >= 4 is 45.5 Å². The second-order valence-corrected chi connectivity index (χ2v) is 0. The quantitative estimate of drug-likeness (QED) is 0.409. The Bertz CT molecular complexity index is 3.25. The molecule has 4 heavy (non-hydrogen) atoms. The molecule has 0 heterocycles. The molecule has 28 valence electrons. The zero-order valence-corrected chi connectivity index (χ0v) is 1.22. The Hall–Kier alpha value is 1.27. The molecular weight excluding hydrogens is 145 g/mol. The van der Waals surface area contributed by atoms with Crippen LogP contribution in [0.5, 0.6) is 0 Å². The monoisotopic (exact) mass is 150 g/mol. The Labute approximate surface area is 58.9 Å². The van der Waals surface area contributed by atoms with E-state index >= 15 is 0 Å². The van der Waals surface area contributed by atoms with Crippen LogP contribution in [0.1, 0.15) is 0 Å². The topological polar surface area (TPSA) is 0 Å². The van der Waals surface area contributed by atoms with Crippen molar-refractivity contribution in [2.75, 3.05) is 0 Å². The van der Waals surface area contributed by atoms with Gasteiger partial charge in [0.15, 0.2) is 0 Å². The fourth-order valence-corrected chi connectivity index (χ4v) is 0. The van der Waals surface area contributed by atoms with Crippen LogP contribution in [0, 0.1) is 0 Å². The molecule has 0 aliphatic heterocycles. The second kappa shape index (κ2) is 28.3. The van der Waals surface area contributed by atoms with Gasteiger partial charge in [-0.2, -0.15) is 0 Å². The van der Waals surface area contributed by atoms with Crippen LogP contribution >= 0.6 is 0 Å². The van der Waals surface area contributed by atoms with E-state index in [0.717, 1.165) is 0 Å². The summed E-state index contributed by atoms with van der Waals surface area (Å²) in [5.41, 5.74) is 0. The number of halogens is 3. The van der Waals surface area contributed by atoms with Crippen molar-refractivity contribution in [1.29, 1.82) is 0 Å². The molecule has 0 amide bonds. The third kappa shape index (κ3) is 10.4. The minimum absolute atomic E-state index is 0. The van der Waals surface area contributed by atoms with Gasteiger partial charge >= 0.3 is 45.5 Å². The summed E-state index contributed by atoms with van der Waals surface area (Å²) in [4.78, 5) is 0. The summed E-state index contributed by atoms with van der Waals surface area (Å²) in [5, 5.41) is 0. The van der Waals surface area contributed by atoms with E-state index in [2.05, 4.69) is 0 Å². The SMILES string of the molecule is F.F.F.[SrH2]. The van der Waals surface area contributed by atoms with E-state index in [9.17, 15) is 0 Å². The molecule has 0 saturated heterocycles. The summed E-state index contributed by atoms with van der Waals surface area (Å²) in [6, 6.07) is 0. The standard InChI is InChI=1S/3FH.Sr.2H/h3*1H;;;. The van der Waals surface area contributed by atoms with E-state index in [0.29, 0.717) is 0 Å². The van der Waals surface area contributed by atoms with E-state index in [-0.39, 0.29) is 59.6 Å². The number of rotatable bonds is 0. The normalized spacial score (nSPS) is 0. The predicted molar refractivity (Wildman–Crippen MR) is 16.1 cm³/mol. The van der Waals surface area contributed by atoms with Crippen LogP contribution < -0.4 is 0 Å². The van der Waals surface area contributed by atoms with Crippen LogP contribution in [-0.2, 0) is 0 Å². The molecule has 0 aromatic carbocycles. The van der Waals surface area contributed by atoms with Crippen LogP contribution in [0.25, 0.3) is 0 Å². The van der Waals surface area contributed by atoms with E-state index in [1.165, 1.54) is 0 Å². The maximum absolute atomic E-state index is 0. The van der Waals surface area contributed by atoms with Crippen molar-refractivity contribution in [3.63, 3.8) is 0 Å². The molecular formula is H5F3Sr. The van der Waals surface area contributed by atoms with Gasteiger partial charge in [0.1, 0.15) is 0 Å². The average Bonchev–Trinajstić information content (AvgIpc) is 0. The van der Waals surface area contributed by atoms with Gasteiger partial charge in [0.2, 0.25) is 0 Å². The Morgan fingerprint density at radius 2 is 0.500 bits per heavy atom. The molecule has 0 atom stereocenters. The van der Waals surface area contributed by atoms with Gasteiger partial charge in [-0.15, -0.1) is 0 Å². The van der Waals surface area contributed by atoms with Gasteiger partial charge in [0, 0.05) is 0 Å². The maximum atomic E-state index is 0. The third-order valence-corrected chi connectivity index (χ3v) is 0. The first-order valence-corrected chi connectivity index (χ1v) is 0. The van der Waals surface area contributed by atoms with Gasteiger partial charge in [-0.3, -0.25) is 14.1 Å². The van der Waals surface area contributed by atoms with E-state index < -0.39 is 0 Å². The molecule has 0 nitrogen and oxygen atoms in total. The van der Waals surface area contributed by atoms with E-state index in [4.69, 9.17) is 0 Å². The first kappa shape index (κ1) is 59.5. The third-order valence-electron chi connectivity index (χ3n) is 0. The van der Waals surface area contributed by atoms with Crippen LogP contribution in [0.4, 0.5) is 14.1 Å². The summed E-state index contributed by atoms with van der Waals surface area (Å²) >= 11 is 0. The molecule has 0 radical (unpaired) electrons. The van der Waals surface area contributed by atoms with Crippen molar-refractivity contribution in [1.82, 2.24) is 0 Å². The zero-order valence-electron chi connectivity index (χ0n) is 1.22. The molecule has 4 heteroatoms. The van der Waals surface area contributed by atoms with E-state index in [1.807, 2.05) is 0 Å². The van der Waals surface area contributed by atoms with Gasteiger partial charge < -0.3 is 0 Å². The molecule has 0 spiro atoms. The van der Waals surface area contributed by atoms with Gasteiger partial charge in [-0.1, -0.05) is 0 Å². The van der Waals surface area contributed by atoms with Crippen LogP contribution in [0.3, 0.4) is 0 Å². The van der Waals surface area contributed by atoms with Gasteiger partial charge in [-0.05, 0) is 0 Å². The van der Waals surface area contributed by atoms with Gasteiger partial charge in [0.05, 0.1) is 0 Å². The van der Waals surface area contributed by atoms with E-state index in [1.54, 1.807) is 0 Å². The summed E-state index contributed by atoms with van der Waals surface area (Å²) in [6.07, 6.45) is 0. The van der Waals surface area contributed by atoms with Crippen molar-refractivity contribution < 1.29 is 14.1 Å². The molecule has 0 aliphatic carbocycles. The molecule has 0 saturated carbocycles. The van der Waals surface area contributed by atoms with Crippen molar-refractivity contribution in [2.45, 2.75) is 0 Å². The molecule has 0 aromatic heterocycles. The molecule has 0 fully saturated rings. The Balaban J connectivity index is 0. The predicted octanol–water partition coefficient (Wildman–Crippen LogP) is -0.459.